The number of hydrogen-bond acceptors (Lipinski definition) is 3. The number of rotatable bonds is 6. The molecule has 100 valence electrons. The van der Waals surface area contributed by atoms with Crippen LogP contribution in [0.5, 0.6) is 5.75 Å². The standard InChI is InChI=1S/C14H22N2O2/c1-4-18-13-6-5-12(7-10(13)2)9-16-14(17)11(3)8-15/h5-7,11H,4,8-9,15H2,1-3H3,(H,16,17). The maximum Gasteiger partial charge on any atom is 0.224 e. The molecule has 0 aliphatic rings. The van der Waals surface area contributed by atoms with E-state index < -0.39 is 0 Å². The van der Waals surface area contributed by atoms with Crippen molar-refractivity contribution >= 4 is 5.91 Å². The summed E-state index contributed by atoms with van der Waals surface area (Å²) in [5, 5.41) is 2.87. The number of amides is 1. The molecule has 0 bridgehead atoms. The molecule has 18 heavy (non-hydrogen) atoms. The normalized spacial score (nSPS) is 12.0. The molecule has 0 aromatic heterocycles. The summed E-state index contributed by atoms with van der Waals surface area (Å²) in [6.45, 7) is 7.33. The van der Waals surface area contributed by atoms with E-state index in [-0.39, 0.29) is 11.8 Å². The third-order valence-corrected chi connectivity index (χ3v) is 2.81. The molecule has 1 aromatic rings. The van der Waals surface area contributed by atoms with Crippen molar-refractivity contribution in [3.63, 3.8) is 0 Å². The molecule has 4 heteroatoms. The molecule has 0 fully saturated rings. The Balaban J connectivity index is 2.58. The van der Waals surface area contributed by atoms with E-state index >= 15 is 0 Å². The molecule has 1 amide bonds. The van der Waals surface area contributed by atoms with E-state index in [1.807, 2.05) is 39.0 Å². The lowest BCUT2D eigenvalue weighted by Crippen LogP contribution is -2.32. The molecule has 0 aliphatic carbocycles. The molecule has 0 heterocycles. The Bertz CT molecular complexity index is 405. The summed E-state index contributed by atoms with van der Waals surface area (Å²) in [5.41, 5.74) is 7.58. The quantitative estimate of drug-likeness (QED) is 0.806. The van der Waals surface area contributed by atoms with Crippen molar-refractivity contribution in [1.82, 2.24) is 5.32 Å². The number of hydrogen-bond donors (Lipinski definition) is 2. The summed E-state index contributed by atoms with van der Waals surface area (Å²) in [6, 6.07) is 5.93. The summed E-state index contributed by atoms with van der Waals surface area (Å²) < 4.78 is 5.47. The highest BCUT2D eigenvalue weighted by atomic mass is 16.5. The minimum atomic E-state index is -0.145. The highest BCUT2D eigenvalue weighted by Gasteiger charge is 2.10. The van der Waals surface area contributed by atoms with Crippen molar-refractivity contribution < 1.29 is 9.53 Å². The van der Waals surface area contributed by atoms with Gasteiger partial charge in [0, 0.05) is 19.0 Å². The van der Waals surface area contributed by atoms with Crippen LogP contribution >= 0.6 is 0 Å². The minimum Gasteiger partial charge on any atom is -0.494 e. The molecule has 1 rings (SSSR count). The number of benzene rings is 1. The van der Waals surface area contributed by atoms with Crippen molar-refractivity contribution in [2.45, 2.75) is 27.3 Å². The molecule has 1 atom stereocenters. The highest BCUT2D eigenvalue weighted by molar-refractivity contribution is 5.78. The van der Waals surface area contributed by atoms with Crippen molar-refractivity contribution in [3.8, 4) is 5.75 Å². The van der Waals surface area contributed by atoms with Gasteiger partial charge in [-0.05, 0) is 31.0 Å². The predicted molar refractivity (Wildman–Crippen MR) is 72.4 cm³/mol. The van der Waals surface area contributed by atoms with E-state index in [2.05, 4.69) is 5.32 Å². The maximum atomic E-state index is 11.6. The lowest BCUT2D eigenvalue weighted by molar-refractivity contribution is -0.124. The first-order valence-electron chi connectivity index (χ1n) is 6.28. The summed E-state index contributed by atoms with van der Waals surface area (Å²) in [7, 11) is 0. The second-order valence-electron chi connectivity index (χ2n) is 4.39. The van der Waals surface area contributed by atoms with Gasteiger partial charge in [0.1, 0.15) is 5.75 Å². The van der Waals surface area contributed by atoms with E-state index in [1.165, 1.54) is 0 Å². The van der Waals surface area contributed by atoms with E-state index in [1.54, 1.807) is 0 Å². The topological polar surface area (TPSA) is 64.3 Å². The van der Waals surface area contributed by atoms with Crippen LogP contribution in [0.15, 0.2) is 18.2 Å². The zero-order chi connectivity index (χ0) is 13.5. The van der Waals surface area contributed by atoms with Crippen LogP contribution in [0.1, 0.15) is 25.0 Å². The molecule has 4 nitrogen and oxygen atoms in total. The Morgan fingerprint density at radius 3 is 2.78 bits per heavy atom. The van der Waals surface area contributed by atoms with Crippen LogP contribution < -0.4 is 15.8 Å². The van der Waals surface area contributed by atoms with Crippen LogP contribution in [-0.4, -0.2) is 19.1 Å². The van der Waals surface area contributed by atoms with Crippen LogP contribution in [0.25, 0.3) is 0 Å². The van der Waals surface area contributed by atoms with Crippen LogP contribution in [0.3, 0.4) is 0 Å². The van der Waals surface area contributed by atoms with Crippen molar-refractivity contribution in [1.29, 1.82) is 0 Å². The Hall–Kier alpha value is -1.55. The van der Waals surface area contributed by atoms with Gasteiger partial charge in [-0.2, -0.15) is 0 Å². The first kappa shape index (κ1) is 14.5. The number of carbonyl (C=O) groups excluding carboxylic acids is 1. The molecular weight excluding hydrogens is 228 g/mol. The van der Waals surface area contributed by atoms with Gasteiger partial charge in [0.15, 0.2) is 0 Å². The average Bonchev–Trinajstić information content (AvgIpc) is 2.38. The Kier molecular flexibility index (Phi) is 5.65. The van der Waals surface area contributed by atoms with E-state index in [4.69, 9.17) is 10.5 Å². The highest BCUT2D eigenvalue weighted by Crippen LogP contribution is 2.19. The van der Waals surface area contributed by atoms with Gasteiger partial charge in [-0.3, -0.25) is 4.79 Å². The molecule has 0 spiro atoms. The Labute approximate surface area is 109 Å². The Morgan fingerprint density at radius 1 is 1.50 bits per heavy atom. The second-order valence-corrected chi connectivity index (χ2v) is 4.39. The van der Waals surface area contributed by atoms with Gasteiger partial charge in [-0.15, -0.1) is 0 Å². The number of aryl methyl sites for hydroxylation is 1. The van der Waals surface area contributed by atoms with E-state index in [0.29, 0.717) is 19.7 Å². The van der Waals surface area contributed by atoms with Crippen molar-refractivity contribution in [3.05, 3.63) is 29.3 Å². The van der Waals surface area contributed by atoms with Crippen molar-refractivity contribution in [2.75, 3.05) is 13.2 Å². The third-order valence-electron chi connectivity index (χ3n) is 2.81. The van der Waals surface area contributed by atoms with Gasteiger partial charge in [0.05, 0.1) is 6.61 Å². The number of nitrogens with two attached hydrogens (primary N) is 1. The van der Waals surface area contributed by atoms with Gasteiger partial charge in [-0.25, -0.2) is 0 Å². The zero-order valence-electron chi connectivity index (χ0n) is 11.3. The zero-order valence-corrected chi connectivity index (χ0v) is 11.3. The molecule has 0 saturated heterocycles. The maximum absolute atomic E-state index is 11.6. The average molecular weight is 250 g/mol. The molecule has 1 aromatic carbocycles. The molecule has 0 saturated carbocycles. The van der Waals surface area contributed by atoms with Crippen LogP contribution in [-0.2, 0) is 11.3 Å². The largest absolute Gasteiger partial charge is 0.494 e. The van der Waals surface area contributed by atoms with Crippen molar-refractivity contribution in [2.24, 2.45) is 11.7 Å². The van der Waals surface area contributed by atoms with Gasteiger partial charge in [0.25, 0.3) is 0 Å². The van der Waals surface area contributed by atoms with Gasteiger partial charge in [-0.1, -0.05) is 19.1 Å². The van der Waals surface area contributed by atoms with Gasteiger partial charge >= 0.3 is 0 Å². The first-order chi connectivity index (χ1) is 8.58. The van der Waals surface area contributed by atoms with E-state index in [0.717, 1.165) is 16.9 Å². The molecular formula is C14H22N2O2. The first-order valence-corrected chi connectivity index (χ1v) is 6.28. The van der Waals surface area contributed by atoms with Gasteiger partial charge in [0.2, 0.25) is 5.91 Å². The lowest BCUT2D eigenvalue weighted by Gasteiger charge is -2.12. The summed E-state index contributed by atoms with van der Waals surface area (Å²) in [4.78, 5) is 11.6. The van der Waals surface area contributed by atoms with Crippen LogP contribution in [0.4, 0.5) is 0 Å². The fraction of sp³-hybridized carbons (Fsp3) is 0.500. The smallest absolute Gasteiger partial charge is 0.224 e. The van der Waals surface area contributed by atoms with Crippen LogP contribution in [0.2, 0.25) is 0 Å². The third kappa shape index (κ3) is 4.04. The second kappa shape index (κ2) is 7.01. The fourth-order valence-electron chi connectivity index (χ4n) is 1.61. The SMILES string of the molecule is CCOc1ccc(CNC(=O)C(C)CN)cc1C. The lowest BCUT2D eigenvalue weighted by atomic mass is 10.1. The Morgan fingerprint density at radius 2 is 2.22 bits per heavy atom. The fourth-order valence-corrected chi connectivity index (χ4v) is 1.61. The van der Waals surface area contributed by atoms with Crippen LogP contribution in [0, 0.1) is 12.8 Å². The molecule has 1 unspecified atom stereocenters. The minimum absolute atomic E-state index is 0.0102. The number of nitrogens with one attached hydrogen (secondary N) is 1. The van der Waals surface area contributed by atoms with E-state index in [9.17, 15) is 4.79 Å². The summed E-state index contributed by atoms with van der Waals surface area (Å²) >= 11 is 0. The predicted octanol–water partition coefficient (Wildman–Crippen LogP) is 1.60. The molecule has 0 radical (unpaired) electrons. The molecule has 0 aliphatic heterocycles. The molecule has 3 N–H and O–H groups in total. The number of carbonyl (C=O) groups is 1. The van der Waals surface area contributed by atoms with Gasteiger partial charge < -0.3 is 15.8 Å². The monoisotopic (exact) mass is 250 g/mol. The summed E-state index contributed by atoms with van der Waals surface area (Å²) in [6.07, 6.45) is 0. The number of ether oxygens (including phenoxy) is 1. The summed E-state index contributed by atoms with van der Waals surface area (Å²) in [5.74, 6) is 0.737.